The van der Waals surface area contributed by atoms with Gasteiger partial charge in [-0.15, -0.1) is 37.2 Å². The Morgan fingerprint density at radius 3 is 1.77 bits per heavy atom. The van der Waals surface area contributed by atoms with Crippen molar-refractivity contribution >= 4 is 60.4 Å². The van der Waals surface area contributed by atoms with Gasteiger partial charge < -0.3 is 59.7 Å². The number of aryl methyl sites for hydroxylation is 1. The lowest BCUT2D eigenvalue weighted by Gasteiger charge is -2.40. The molecule has 9 aromatic carbocycles. The molecule has 108 heavy (non-hydrogen) atoms. The number of ether oxygens (including phenoxy) is 6. The lowest BCUT2D eigenvalue weighted by molar-refractivity contribution is -0.137. The first-order valence-corrected chi connectivity index (χ1v) is 37.3. The zero-order valence-corrected chi connectivity index (χ0v) is 66.6. The Bertz CT molecular complexity index is 4020. The summed E-state index contributed by atoms with van der Waals surface area (Å²) in [6.07, 6.45) is 5.88. The van der Waals surface area contributed by atoms with Gasteiger partial charge >= 0.3 is 6.18 Å². The van der Waals surface area contributed by atoms with Crippen molar-refractivity contribution in [2.24, 2.45) is 5.92 Å². The van der Waals surface area contributed by atoms with Gasteiger partial charge in [-0.25, -0.2) is 4.39 Å². The highest BCUT2D eigenvalue weighted by molar-refractivity contribution is 6.42. The monoisotopic (exact) mass is 1580 g/mol. The van der Waals surface area contributed by atoms with E-state index >= 15 is 0 Å². The van der Waals surface area contributed by atoms with Gasteiger partial charge in [0.2, 0.25) is 6.79 Å². The van der Waals surface area contributed by atoms with Crippen LogP contribution in [0, 0.1) is 18.7 Å². The number of fused-ring (bicyclic) bond motifs is 2. The Kier molecular flexibility index (Phi) is 38.0. The number of nitrogens with one attached hydrogen (secondary N) is 4. The van der Waals surface area contributed by atoms with Gasteiger partial charge in [0, 0.05) is 55.8 Å². The van der Waals surface area contributed by atoms with Crippen LogP contribution in [0.2, 0.25) is 10.0 Å². The molecule has 9 aromatic rings. The number of benzene rings is 9. The van der Waals surface area contributed by atoms with Gasteiger partial charge in [-0.05, 0) is 223 Å². The Labute approximate surface area is 665 Å². The molecule has 0 aromatic heterocycles. The first-order valence-electron chi connectivity index (χ1n) is 36.5. The minimum atomic E-state index is -4.33. The van der Waals surface area contributed by atoms with E-state index in [1.165, 1.54) is 69.6 Å². The Morgan fingerprint density at radius 2 is 1.18 bits per heavy atom. The summed E-state index contributed by atoms with van der Waals surface area (Å²) >= 11 is 12.2. The summed E-state index contributed by atoms with van der Waals surface area (Å²) in [5.74, 6) is 5.63. The standard InChI is InChI=1S/C19H20FNO3.C17H17Cl2N.C17H18F3NO.C17H27NO2.C17H21NO.3ClH/c20-15-3-1-13(2-4-15)17-7-8-21-10-14(17)11-22-16-5-6-18-19(9-16)24-12-23-18;1-20-17-9-7-12(13-4-2-3-5-14(13)17)11-6-8-15(18)16(19)10-11;1-21-12-11-16(13-5-3-2-4-6-13)22-15-9-7-14(8-10-15)17(18,19)20;1-18(2)13-16(17(19)11-5-4-6-12-17)14-7-9-15(20-3)10-8-14;1-14-8-6-7-11-16(14)19-17(12-13-18-2)15-9-4-3-5-10-15;;;/h1-6,9,14,17,21H,7-8,10-12H2;2-6,8,10,12,17,20H,7,9H2,1H3;2-10,16,21H,11-12H2,1H3;7-10,16,19H,4-6,11-13H2,1-3H3;3-11,17-18H,12-13H2,1-2H3;3*1H/t14-,17-;12-,17-;;;17-;;;/m00..1.../s1. The maximum absolute atomic E-state index is 13.2. The topological polar surface area (TPSA) is 127 Å². The van der Waals surface area contributed by atoms with Gasteiger partial charge in [-0.2, -0.15) is 13.2 Å². The van der Waals surface area contributed by atoms with E-state index < -0.39 is 17.3 Å². The molecule has 0 spiro atoms. The molecule has 0 amide bonds. The van der Waals surface area contributed by atoms with Crippen molar-refractivity contribution in [3.63, 3.8) is 0 Å². The fourth-order valence-electron chi connectivity index (χ4n) is 14.1. The molecule has 1 saturated heterocycles. The summed E-state index contributed by atoms with van der Waals surface area (Å²) in [7, 11) is 11.7. The SMILES string of the molecule is CNCCC(Oc1ccc(C(F)(F)F)cc1)c1ccccc1.CNCC[C@@H](Oc1ccccc1C)c1ccccc1.CN[C@H]1CC[C@@H](c2ccc(Cl)c(Cl)c2)c2ccccc21.COc1ccc(C(CN(C)C)C2(O)CCCCC2)cc1.Cl.Cl.Cl.Fc1ccc([C@@H]2CCNC[C@H]2COc2ccc3c(c2)OCO3)cc1. The van der Waals surface area contributed by atoms with Crippen LogP contribution in [0.1, 0.15) is 150 Å². The van der Waals surface area contributed by atoms with Crippen LogP contribution >= 0.6 is 60.4 Å². The van der Waals surface area contributed by atoms with Crippen molar-refractivity contribution in [3.8, 4) is 34.5 Å². The second kappa shape index (κ2) is 45.8. The fourth-order valence-corrected chi connectivity index (χ4v) is 14.4. The second-order valence-electron chi connectivity index (χ2n) is 27.4. The number of nitrogens with zero attached hydrogens (tertiary/aromatic N) is 1. The fraction of sp³-hybridized carbons (Fsp3) is 0.379. The van der Waals surface area contributed by atoms with Crippen LogP contribution in [0.5, 0.6) is 34.5 Å². The van der Waals surface area contributed by atoms with Crippen molar-refractivity contribution in [1.82, 2.24) is 26.2 Å². The van der Waals surface area contributed by atoms with Gasteiger partial charge in [0.15, 0.2) is 11.5 Å². The molecule has 2 aliphatic heterocycles. The summed E-state index contributed by atoms with van der Waals surface area (Å²) < 4.78 is 84.8. The van der Waals surface area contributed by atoms with E-state index in [0.717, 1.165) is 137 Å². The van der Waals surface area contributed by atoms with E-state index in [4.69, 9.17) is 51.6 Å². The molecule has 2 fully saturated rings. The minimum Gasteiger partial charge on any atom is -0.497 e. The van der Waals surface area contributed by atoms with Crippen molar-refractivity contribution in [1.29, 1.82) is 0 Å². The molecular formula is C87H106Cl5F4N5O7. The number of likely N-dealkylation sites (N-methyl/N-ethyl adjacent to an activating group) is 1. The molecule has 2 unspecified atom stereocenters. The first kappa shape index (κ1) is 89.6. The van der Waals surface area contributed by atoms with Gasteiger partial charge in [0.25, 0.3) is 0 Å². The van der Waals surface area contributed by atoms with Crippen molar-refractivity contribution in [3.05, 3.63) is 284 Å². The largest absolute Gasteiger partial charge is 0.497 e. The molecule has 0 radical (unpaired) electrons. The summed E-state index contributed by atoms with van der Waals surface area (Å²) in [5, 5.41) is 25.4. The molecule has 12 nitrogen and oxygen atoms in total. The molecule has 4 aliphatic rings. The quantitative estimate of drug-likeness (QED) is 0.0391. The van der Waals surface area contributed by atoms with E-state index in [2.05, 4.69) is 120 Å². The minimum absolute atomic E-state index is 0. The highest BCUT2D eigenvalue weighted by Crippen LogP contribution is 2.44. The summed E-state index contributed by atoms with van der Waals surface area (Å²) in [6.45, 7) is 7.38. The number of hydrogen-bond acceptors (Lipinski definition) is 12. The second-order valence-corrected chi connectivity index (χ2v) is 28.2. The maximum Gasteiger partial charge on any atom is 0.416 e. The average molecular weight is 1590 g/mol. The predicted octanol–water partition coefficient (Wildman–Crippen LogP) is 21.0. The van der Waals surface area contributed by atoms with E-state index in [1.807, 2.05) is 130 Å². The molecule has 7 atom stereocenters. The van der Waals surface area contributed by atoms with Crippen molar-refractivity contribution in [2.45, 2.75) is 119 Å². The van der Waals surface area contributed by atoms with Gasteiger partial charge in [0.05, 0.1) is 34.9 Å². The summed E-state index contributed by atoms with van der Waals surface area (Å²) in [6, 6.07) is 68.8. The number of piperidine rings is 1. The third kappa shape index (κ3) is 26.7. The number of aliphatic hydroxyl groups is 1. The zero-order chi connectivity index (χ0) is 74.6. The first-order chi connectivity index (χ1) is 50.9. The van der Waals surface area contributed by atoms with E-state index in [9.17, 15) is 22.7 Å². The molecule has 584 valence electrons. The number of alkyl halides is 3. The van der Waals surface area contributed by atoms with Crippen molar-refractivity contribution in [2.75, 3.05) is 88.5 Å². The highest BCUT2D eigenvalue weighted by Gasteiger charge is 2.39. The number of rotatable bonds is 23. The van der Waals surface area contributed by atoms with Crippen LogP contribution in [0.25, 0.3) is 0 Å². The lowest BCUT2D eigenvalue weighted by Crippen LogP contribution is -2.42. The Morgan fingerprint density at radius 1 is 0.602 bits per heavy atom. The Balaban J connectivity index is 0.000000210. The van der Waals surface area contributed by atoms with Crippen LogP contribution in [0.15, 0.2) is 218 Å². The normalized spacial score (nSPS) is 17.4. The number of methoxy groups -OCH3 is 1. The molecule has 0 bridgehead atoms. The van der Waals surface area contributed by atoms with E-state index in [-0.39, 0.29) is 68.0 Å². The molecule has 2 aliphatic carbocycles. The molecule has 1 saturated carbocycles. The molecule has 5 N–H and O–H groups in total. The summed E-state index contributed by atoms with van der Waals surface area (Å²) in [4.78, 5) is 2.17. The van der Waals surface area contributed by atoms with Crippen LogP contribution in [-0.2, 0) is 6.18 Å². The predicted molar refractivity (Wildman–Crippen MR) is 437 cm³/mol. The van der Waals surface area contributed by atoms with Gasteiger partial charge in [0.1, 0.15) is 41.0 Å². The van der Waals surface area contributed by atoms with E-state index in [0.29, 0.717) is 46.2 Å². The number of halogens is 9. The van der Waals surface area contributed by atoms with Gasteiger partial charge in [-0.3, -0.25) is 0 Å². The van der Waals surface area contributed by atoms with Gasteiger partial charge in [-0.1, -0.05) is 176 Å². The molecular weight excluding hydrogens is 1480 g/mol. The molecule has 21 heteroatoms. The van der Waals surface area contributed by atoms with Crippen molar-refractivity contribution < 1.29 is 51.1 Å². The smallest absolute Gasteiger partial charge is 0.416 e. The molecule has 2 heterocycles. The van der Waals surface area contributed by atoms with Crippen LogP contribution in [0.3, 0.4) is 0 Å². The summed E-state index contributed by atoms with van der Waals surface area (Å²) in [5.41, 5.74) is 8.60. The van der Waals surface area contributed by atoms with E-state index in [1.54, 1.807) is 7.11 Å². The average Bonchev–Trinajstić information content (AvgIpc) is 0.935. The third-order valence-corrected chi connectivity index (χ3v) is 20.6. The van der Waals surface area contributed by atoms with Crippen LogP contribution in [0.4, 0.5) is 17.6 Å². The Hall–Kier alpha value is -7.29. The molecule has 13 rings (SSSR count). The third-order valence-electron chi connectivity index (χ3n) is 19.8. The zero-order valence-electron chi connectivity index (χ0n) is 62.7. The highest BCUT2D eigenvalue weighted by atomic mass is 35.5. The number of para-hydroxylation sites is 1. The lowest BCUT2D eigenvalue weighted by atomic mass is 9.72. The maximum atomic E-state index is 13.2. The number of hydrogen-bond donors (Lipinski definition) is 5. The van der Waals surface area contributed by atoms with Crippen LogP contribution < -0.4 is 49.7 Å². The van der Waals surface area contributed by atoms with Crippen LogP contribution in [-0.4, -0.2) is 104 Å².